The lowest BCUT2D eigenvalue weighted by Crippen LogP contribution is -2.49. The highest BCUT2D eigenvalue weighted by Crippen LogP contribution is 2.43. The second-order valence-corrected chi connectivity index (χ2v) is 6.45. The quantitative estimate of drug-likeness (QED) is 0.319. The van der Waals surface area contributed by atoms with Gasteiger partial charge in [-0.2, -0.15) is 0 Å². The molecule has 0 spiro atoms. The molecule has 1 aromatic carbocycles. The van der Waals surface area contributed by atoms with E-state index in [-0.39, 0.29) is 35.3 Å². The van der Waals surface area contributed by atoms with Gasteiger partial charge in [-0.25, -0.2) is 0 Å². The first-order valence-corrected chi connectivity index (χ1v) is 8.97. The minimum absolute atomic E-state index is 0. The minimum atomic E-state index is 0. The molecule has 0 saturated heterocycles. The van der Waals surface area contributed by atoms with E-state index in [1.807, 2.05) is 6.92 Å². The monoisotopic (exact) mass is 458 g/mol. The van der Waals surface area contributed by atoms with Crippen LogP contribution < -0.4 is 16.0 Å². The molecule has 0 bridgehead atoms. The maximum Gasteiger partial charge on any atom is 0.221 e. The third-order valence-corrected chi connectivity index (χ3v) is 4.73. The minimum Gasteiger partial charge on any atom is -0.356 e. The van der Waals surface area contributed by atoms with Gasteiger partial charge in [0.2, 0.25) is 5.91 Å². The van der Waals surface area contributed by atoms with Crippen molar-refractivity contribution in [3.8, 4) is 0 Å². The van der Waals surface area contributed by atoms with Crippen molar-refractivity contribution in [3.05, 3.63) is 35.9 Å². The Bertz CT molecular complexity index is 544. The molecule has 1 aromatic rings. The van der Waals surface area contributed by atoms with Crippen LogP contribution in [-0.2, 0) is 10.2 Å². The molecule has 0 radical (unpaired) electrons. The van der Waals surface area contributed by atoms with Gasteiger partial charge in [0.25, 0.3) is 0 Å². The number of hydrogen-bond donors (Lipinski definition) is 3. The van der Waals surface area contributed by atoms with Crippen molar-refractivity contribution in [2.24, 2.45) is 4.99 Å². The lowest BCUT2D eigenvalue weighted by Gasteiger charge is -2.43. The summed E-state index contributed by atoms with van der Waals surface area (Å²) in [7, 11) is 1.77. The van der Waals surface area contributed by atoms with Crippen LogP contribution in [0.4, 0.5) is 0 Å². The van der Waals surface area contributed by atoms with Crippen molar-refractivity contribution in [1.82, 2.24) is 16.0 Å². The highest BCUT2D eigenvalue weighted by molar-refractivity contribution is 14.0. The van der Waals surface area contributed by atoms with Crippen molar-refractivity contribution in [1.29, 1.82) is 0 Å². The van der Waals surface area contributed by atoms with Crippen molar-refractivity contribution in [3.63, 3.8) is 0 Å². The smallest absolute Gasteiger partial charge is 0.221 e. The number of carbonyl (C=O) groups is 1. The average Bonchev–Trinajstić information content (AvgIpc) is 2.58. The topological polar surface area (TPSA) is 65.5 Å². The zero-order valence-corrected chi connectivity index (χ0v) is 17.6. The van der Waals surface area contributed by atoms with E-state index in [0.717, 1.165) is 25.5 Å². The molecule has 0 heterocycles. The van der Waals surface area contributed by atoms with E-state index in [2.05, 4.69) is 51.3 Å². The van der Waals surface area contributed by atoms with Crippen molar-refractivity contribution in [2.45, 2.75) is 44.4 Å². The maximum absolute atomic E-state index is 11.6. The first-order chi connectivity index (χ1) is 11.7. The fraction of sp³-hybridized carbons (Fsp3) is 0.579. The molecule has 140 valence electrons. The number of benzene rings is 1. The molecule has 5 nitrogen and oxygen atoms in total. The zero-order chi connectivity index (χ0) is 17.3. The van der Waals surface area contributed by atoms with E-state index in [0.29, 0.717) is 13.0 Å². The fourth-order valence-electron chi connectivity index (χ4n) is 3.08. The van der Waals surface area contributed by atoms with Crippen molar-refractivity contribution >= 4 is 35.8 Å². The summed E-state index contributed by atoms with van der Waals surface area (Å²) in [5, 5.41) is 9.54. The van der Waals surface area contributed by atoms with Gasteiger partial charge >= 0.3 is 0 Å². The molecule has 0 atom stereocenters. The van der Waals surface area contributed by atoms with E-state index in [9.17, 15) is 4.79 Å². The van der Waals surface area contributed by atoms with Gasteiger partial charge in [0.1, 0.15) is 0 Å². The number of nitrogens with zero attached hydrogens (tertiary/aromatic N) is 1. The Hall–Kier alpha value is -1.31. The molecular formula is C19H31IN4O. The van der Waals surface area contributed by atoms with Gasteiger partial charge in [0, 0.05) is 38.5 Å². The Balaban J connectivity index is 0.00000312. The standard InChI is InChI=1S/C19H30N4O.HI/c1-3-13-21-17(24)10-14-22-18(20-2)23-15-19(11-7-12-19)16-8-5-4-6-9-16;/h4-6,8-9H,3,7,10-15H2,1-2H3,(H,21,24)(H2,20,22,23);1H. The van der Waals surface area contributed by atoms with Crippen LogP contribution in [0.3, 0.4) is 0 Å². The second kappa shape index (κ2) is 11.3. The Labute approximate surface area is 168 Å². The predicted octanol–water partition coefficient (Wildman–Crippen LogP) is 2.81. The van der Waals surface area contributed by atoms with Crippen LogP contribution in [0, 0.1) is 0 Å². The van der Waals surface area contributed by atoms with Crippen LogP contribution in [0.1, 0.15) is 44.6 Å². The van der Waals surface area contributed by atoms with E-state index in [1.165, 1.54) is 24.8 Å². The molecule has 1 aliphatic rings. The Morgan fingerprint density at radius 3 is 2.40 bits per heavy atom. The summed E-state index contributed by atoms with van der Waals surface area (Å²) < 4.78 is 0. The first kappa shape index (κ1) is 21.7. The lowest BCUT2D eigenvalue weighted by molar-refractivity contribution is -0.120. The fourth-order valence-corrected chi connectivity index (χ4v) is 3.08. The van der Waals surface area contributed by atoms with Crippen molar-refractivity contribution < 1.29 is 4.79 Å². The molecule has 6 heteroatoms. The molecular weight excluding hydrogens is 427 g/mol. The number of nitrogens with one attached hydrogen (secondary N) is 3. The van der Waals surface area contributed by atoms with Gasteiger partial charge in [0.05, 0.1) is 0 Å². The van der Waals surface area contributed by atoms with Crippen LogP contribution in [0.2, 0.25) is 0 Å². The molecule has 3 N–H and O–H groups in total. The molecule has 0 unspecified atom stereocenters. The van der Waals surface area contributed by atoms with E-state index in [1.54, 1.807) is 7.05 Å². The van der Waals surface area contributed by atoms with Crippen LogP contribution >= 0.6 is 24.0 Å². The van der Waals surface area contributed by atoms with Gasteiger partial charge < -0.3 is 16.0 Å². The Kier molecular flexibility index (Phi) is 9.85. The first-order valence-electron chi connectivity index (χ1n) is 8.97. The van der Waals surface area contributed by atoms with Crippen LogP contribution in [0.25, 0.3) is 0 Å². The Morgan fingerprint density at radius 2 is 1.84 bits per heavy atom. The summed E-state index contributed by atoms with van der Waals surface area (Å²) in [6.07, 6.45) is 5.12. The molecule has 2 rings (SSSR count). The maximum atomic E-state index is 11.6. The molecule has 1 amide bonds. The van der Waals surface area contributed by atoms with E-state index < -0.39 is 0 Å². The number of guanidine groups is 1. The van der Waals surface area contributed by atoms with Crippen LogP contribution in [0.5, 0.6) is 0 Å². The van der Waals surface area contributed by atoms with Crippen molar-refractivity contribution in [2.75, 3.05) is 26.7 Å². The summed E-state index contributed by atoms with van der Waals surface area (Å²) in [4.78, 5) is 15.9. The molecule has 0 aromatic heterocycles. The molecule has 1 saturated carbocycles. The van der Waals surface area contributed by atoms with Crippen LogP contribution in [-0.4, -0.2) is 38.5 Å². The third kappa shape index (κ3) is 6.49. The highest BCUT2D eigenvalue weighted by Gasteiger charge is 2.38. The van der Waals surface area contributed by atoms with Crippen LogP contribution in [0.15, 0.2) is 35.3 Å². The number of rotatable bonds is 8. The predicted molar refractivity (Wildman–Crippen MR) is 115 cm³/mol. The molecule has 1 fully saturated rings. The number of hydrogen-bond acceptors (Lipinski definition) is 2. The lowest BCUT2D eigenvalue weighted by atomic mass is 9.64. The summed E-state index contributed by atoms with van der Waals surface area (Å²) in [6.45, 7) is 4.25. The third-order valence-electron chi connectivity index (χ3n) is 4.73. The van der Waals surface area contributed by atoms with Gasteiger partial charge in [-0.1, -0.05) is 43.7 Å². The summed E-state index contributed by atoms with van der Waals surface area (Å²) in [5.41, 5.74) is 1.62. The highest BCUT2D eigenvalue weighted by atomic mass is 127. The normalized spacial score (nSPS) is 15.5. The largest absolute Gasteiger partial charge is 0.356 e. The summed E-state index contributed by atoms with van der Waals surface area (Å²) >= 11 is 0. The molecule has 25 heavy (non-hydrogen) atoms. The molecule has 0 aliphatic heterocycles. The number of aliphatic imine (C=N–C) groups is 1. The van der Waals surface area contributed by atoms with Gasteiger partial charge in [-0.3, -0.25) is 9.79 Å². The van der Waals surface area contributed by atoms with Gasteiger partial charge in [-0.05, 0) is 24.8 Å². The number of carbonyl (C=O) groups excluding carboxylic acids is 1. The zero-order valence-electron chi connectivity index (χ0n) is 15.3. The molecule has 1 aliphatic carbocycles. The Morgan fingerprint density at radius 1 is 1.12 bits per heavy atom. The number of amides is 1. The van der Waals surface area contributed by atoms with Gasteiger partial charge in [0.15, 0.2) is 5.96 Å². The second-order valence-electron chi connectivity index (χ2n) is 6.45. The summed E-state index contributed by atoms with van der Waals surface area (Å²) in [6, 6.07) is 10.7. The van der Waals surface area contributed by atoms with Gasteiger partial charge in [-0.15, -0.1) is 24.0 Å². The number of halogens is 1. The summed E-state index contributed by atoms with van der Waals surface area (Å²) in [5.74, 6) is 0.847. The average molecular weight is 458 g/mol. The van der Waals surface area contributed by atoms with E-state index in [4.69, 9.17) is 0 Å². The van der Waals surface area contributed by atoms with E-state index >= 15 is 0 Å². The SMILES string of the molecule is CCCNC(=O)CCNC(=NC)NCC1(c2ccccc2)CCC1.I.